The summed E-state index contributed by atoms with van der Waals surface area (Å²) in [7, 11) is 1.23. The van der Waals surface area contributed by atoms with E-state index in [1.807, 2.05) is 24.5 Å². The molecule has 1 aromatic rings. The van der Waals surface area contributed by atoms with Gasteiger partial charge in [0.05, 0.1) is 13.7 Å². The van der Waals surface area contributed by atoms with Crippen molar-refractivity contribution in [3.05, 3.63) is 35.9 Å². The second kappa shape index (κ2) is 12.2. The minimum absolute atomic E-state index is 0.0327. The molecular formula is C17H24N2O6S. The molecule has 0 saturated heterocycles. The fourth-order valence-electron chi connectivity index (χ4n) is 2.00. The van der Waals surface area contributed by atoms with Crippen LogP contribution in [0, 0.1) is 0 Å². The average molecular weight is 384 g/mol. The van der Waals surface area contributed by atoms with Crippen molar-refractivity contribution in [2.45, 2.75) is 25.1 Å². The van der Waals surface area contributed by atoms with E-state index in [1.165, 1.54) is 18.9 Å². The molecule has 0 heterocycles. The van der Waals surface area contributed by atoms with Crippen LogP contribution in [0.2, 0.25) is 0 Å². The largest absolute Gasteiger partial charge is 0.467 e. The number of amides is 2. The number of ether oxygens (including phenoxy) is 2. The first kappa shape index (κ1) is 21.8. The Bertz CT molecular complexity index is 584. The first-order valence-corrected chi connectivity index (χ1v) is 9.36. The van der Waals surface area contributed by atoms with Gasteiger partial charge in [0.15, 0.2) is 0 Å². The van der Waals surface area contributed by atoms with Gasteiger partial charge in [-0.05, 0) is 24.0 Å². The molecule has 1 rings (SSSR count). The summed E-state index contributed by atoms with van der Waals surface area (Å²) < 4.78 is 9.67. The molecule has 0 aliphatic rings. The van der Waals surface area contributed by atoms with E-state index in [0.717, 1.165) is 5.56 Å². The summed E-state index contributed by atoms with van der Waals surface area (Å²) in [6.07, 6.45) is 1.40. The number of benzene rings is 1. The molecule has 0 radical (unpaired) electrons. The molecule has 3 N–H and O–H groups in total. The normalized spacial score (nSPS) is 12.6. The standard InChI is InChI=1S/C17H24N2O6S/c1-24-16(22)13(8-9-26-2)18-15(21)14(10-20)19-17(23)25-11-12-6-4-3-5-7-12/h3-7,13-14,20H,8-11H2,1-2H3,(H,18,21)(H,19,23)/t13-,14+/m1/s1. The highest BCUT2D eigenvalue weighted by molar-refractivity contribution is 7.98. The van der Waals surface area contributed by atoms with E-state index in [-0.39, 0.29) is 6.61 Å². The predicted molar refractivity (Wildman–Crippen MR) is 97.6 cm³/mol. The van der Waals surface area contributed by atoms with Gasteiger partial charge in [-0.2, -0.15) is 11.8 Å². The zero-order valence-corrected chi connectivity index (χ0v) is 15.6. The Balaban J connectivity index is 2.55. The van der Waals surface area contributed by atoms with Crippen LogP contribution < -0.4 is 10.6 Å². The number of carbonyl (C=O) groups excluding carboxylic acids is 3. The summed E-state index contributed by atoms with van der Waals surface area (Å²) >= 11 is 1.52. The first-order chi connectivity index (χ1) is 12.5. The Hall–Kier alpha value is -2.26. The summed E-state index contributed by atoms with van der Waals surface area (Å²) in [5, 5.41) is 14.1. The second-order valence-corrected chi connectivity index (χ2v) is 6.29. The van der Waals surface area contributed by atoms with Crippen LogP contribution in [0.25, 0.3) is 0 Å². The fourth-order valence-corrected chi connectivity index (χ4v) is 2.47. The van der Waals surface area contributed by atoms with E-state index >= 15 is 0 Å². The highest BCUT2D eigenvalue weighted by Crippen LogP contribution is 2.04. The maximum atomic E-state index is 12.2. The number of esters is 1. The van der Waals surface area contributed by atoms with Crippen molar-refractivity contribution in [2.75, 3.05) is 25.7 Å². The van der Waals surface area contributed by atoms with Crippen molar-refractivity contribution in [1.82, 2.24) is 10.6 Å². The van der Waals surface area contributed by atoms with E-state index in [0.29, 0.717) is 12.2 Å². The van der Waals surface area contributed by atoms with Gasteiger partial charge < -0.3 is 25.2 Å². The van der Waals surface area contributed by atoms with Crippen molar-refractivity contribution >= 4 is 29.7 Å². The van der Waals surface area contributed by atoms with Crippen molar-refractivity contribution in [3.8, 4) is 0 Å². The maximum Gasteiger partial charge on any atom is 0.408 e. The second-order valence-electron chi connectivity index (χ2n) is 5.31. The van der Waals surface area contributed by atoms with Crippen molar-refractivity contribution < 1.29 is 29.0 Å². The van der Waals surface area contributed by atoms with Crippen LogP contribution in [0.4, 0.5) is 4.79 Å². The van der Waals surface area contributed by atoms with E-state index in [2.05, 4.69) is 15.4 Å². The molecule has 1 aromatic carbocycles. The number of nitrogens with one attached hydrogen (secondary N) is 2. The minimum Gasteiger partial charge on any atom is -0.467 e. The van der Waals surface area contributed by atoms with Crippen LogP contribution in [0.1, 0.15) is 12.0 Å². The molecule has 144 valence electrons. The van der Waals surface area contributed by atoms with Crippen molar-refractivity contribution in [3.63, 3.8) is 0 Å². The topological polar surface area (TPSA) is 114 Å². The van der Waals surface area contributed by atoms with Gasteiger partial charge in [0.1, 0.15) is 18.7 Å². The van der Waals surface area contributed by atoms with Gasteiger partial charge in [0.25, 0.3) is 0 Å². The van der Waals surface area contributed by atoms with Gasteiger partial charge in [-0.1, -0.05) is 30.3 Å². The highest BCUT2D eigenvalue weighted by Gasteiger charge is 2.27. The Morgan fingerprint density at radius 2 is 1.85 bits per heavy atom. The third kappa shape index (κ3) is 7.75. The van der Waals surface area contributed by atoms with Crippen molar-refractivity contribution in [1.29, 1.82) is 0 Å². The zero-order valence-electron chi connectivity index (χ0n) is 14.8. The molecular weight excluding hydrogens is 360 g/mol. The molecule has 0 spiro atoms. The Labute approximate surface area is 156 Å². The van der Waals surface area contributed by atoms with Crippen LogP contribution >= 0.6 is 11.8 Å². The third-order valence-corrected chi connectivity index (χ3v) is 4.06. The molecule has 0 bridgehead atoms. The number of alkyl carbamates (subject to hydrolysis) is 1. The molecule has 2 atom stereocenters. The number of hydrogen-bond acceptors (Lipinski definition) is 7. The molecule has 0 aliphatic carbocycles. The molecule has 0 saturated carbocycles. The van der Waals surface area contributed by atoms with Crippen molar-refractivity contribution in [2.24, 2.45) is 0 Å². The molecule has 2 amide bonds. The summed E-state index contributed by atoms with van der Waals surface area (Å²) in [6.45, 7) is -0.604. The Morgan fingerprint density at radius 3 is 2.42 bits per heavy atom. The van der Waals surface area contributed by atoms with Gasteiger partial charge >= 0.3 is 12.1 Å². The van der Waals surface area contributed by atoms with Crippen LogP contribution in [0.5, 0.6) is 0 Å². The summed E-state index contributed by atoms with van der Waals surface area (Å²) in [5.41, 5.74) is 0.787. The van der Waals surface area contributed by atoms with Crippen LogP contribution in [0.15, 0.2) is 30.3 Å². The number of carbonyl (C=O) groups is 3. The average Bonchev–Trinajstić information content (AvgIpc) is 2.67. The van der Waals surface area contributed by atoms with Gasteiger partial charge in [-0.25, -0.2) is 9.59 Å². The summed E-state index contributed by atoms with van der Waals surface area (Å²) in [4.78, 5) is 35.8. The Morgan fingerprint density at radius 1 is 1.15 bits per heavy atom. The summed E-state index contributed by atoms with van der Waals surface area (Å²) in [5.74, 6) is -0.646. The smallest absolute Gasteiger partial charge is 0.408 e. The maximum absolute atomic E-state index is 12.2. The number of aliphatic hydroxyl groups excluding tert-OH is 1. The molecule has 0 aromatic heterocycles. The predicted octanol–water partition coefficient (Wildman–Crippen LogP) is 0.685. The monoisotopic (exact) mass is 384 g/mol. The first-order valence-electron chi connectivity index (χ1n) is 7.97. The molecule has 0 unspecified atom stereocenters. The Kier molecular flexibility index (Phi) is 10.2. The third-order valence-electron chi connectivity index (χ3n) is 3.42. The number of hydrogen-bond donors (Lipinski definition) is 3. The molecule has 26 heavy (non-hydrogen) atoms. The van der Waals surface area contributed by atoms with Gasteiger partial charge in [0, 0.05) is 0 Å². The van der Waals surface area contributed by atoms with Gasteiger partial charge in [-0.15, -0.1) is 0 Å². The molecule has 8 nitrogen and oxygen atoms in total. The zero-order chi connectivity index (χ0) is 19.4. The van der Waals surface area contributed by atoms with E-state index in [4.69, 9.17) is 4.74 Å². The number of aliphatic hydroxyl groups is 1. The molecule has 0 aliphatic heterocycles. The van der Waals surface area contributed by atoms with E-state index in [9.17, 15) is 19.5 Å². The number of rotatable bonds is 10. The minimum atomic E-state index is -1.24. The van der Waals surface area contributed by atoms with E-state index in [1.54, 1.807) is 12.1 Å². The lowest BCUT2D eigenvalue weighted by molar-refractivity contribution is -0.145. The van der Waals surface area contributed by atoms with Gasteiger partial charge in [-0.3, -0.25) is 4.79 Å². The lowest BCUT2D eigenvalue weighted by atomic mass is 10.2. The highest BCUT2D eigenvalue weighted by atomic mass is 32.2. The molecule has 0 fully saturated rings. The summed E-state index contributed by atoms with van der Waals surface area (Å²) in [6, 6.07) is 6.94. The fraction of sp³-hybridized carbons (Fsp3) is 0.471. The van der Waals surface area contributed by atoms with Crippen LogP contribution in [-0.2, 0) is 25.7 Å². The number of thioether (sulfide) groups is 1. The molecule has 9 heteroatoms. The van der Waals surface area contributed by atoms with Crippen LogP contribution in [-0.4, -0.2) is 60.9 Å². The SMILES string of the molecule is COC(=O)[C@@H](CCSC)NC(=O)[C@H](CO)NC(=O)OCc1ccccc1. The van der Waals surface area contributed by atoms with Gasteiger partial charge in [0.2, 0.25) is 5.91 Å². The van der Waals surface area contributed by atoms with Crippen LogP contribution in [0.3, 0.4) is 0 Å². The van der Waals surface area contributed by atoms with E-state index < -0.39 is 36.7 Å². The number of methoxy groups -OCH3 is 1. The quantitative estimate of drug-likeness (QED) is 0.508. The lowest BCUT2D eigenvalue weighted by Crippen LogP contribution is -2.53. The lowest BCUT2D eigenvalue weighted by Gasteiger charge is -2.20.